The third-order valence-electron chi connectivity index (χ3n) is 4.42. The summed E-state index contributed by atoms with van der Waals surface area (Å²) in [5.41, 5.74) is -2.54. The highest BCUT2D eigenvalue weighted by atomic mass is 32.1. The summed E-state index contributed by atoms with van der Waals surface area (Å²) in [6, 6.07) is 9.91. The molecular weight excluding hydrogens is 486 g/mol. The van der Waals surface area contributed by atoms with E-state index in [9.17, 15) is 26.3 Å². The molecule has 0 aliphatic rings. The molecule has 0 saturated heterocycles. The van der Waals surface area contributed by atoms with Crippen LogP contribution in [0.5, 0.6) is 0 Å². The predicted molar refractivity (Wildman–Crippen MR) is 125 cm³/mol. The van der Waals surface area contributed by atoms with E-state index in [0.29, 0.717) is 0 Å². The Morgan fingerprint density at radius 2 is 1.00 bits per heavy atom. The number of anilines is 2. The van der Waals surface area contributed by atoms with E-state index in [1.54, 1.807) is 0 Å². The van der Waals surface area contributed by atoms with Crippen molar-refractivity contribution < 1.29 is 26.3 Å². The van der Waals surface area contributed by atoms with Crippen molar-refractivity contribution in [2.75, 3.05) is 23.7 Å². The lowest BCUT2D eigenvalue weighted by molar-refractivity contribution is -0.137. The fourth-order valence-electron chi connectivity index (χ4n) is 2.71. The highest BCUT2D eigenvalue weighted by Gasteiger charge is 2.34. The number of benzene rings is 2. The molecular formula is C21H22F6N4S2. The Morgan fingerprint density at radius 3 is 1.33 bits per heavy atom. The van der Waals surface area contributed by atoms with Crippen molar-refractivity contribution in [2.24, 2.45) is 5.41 Å². The van der Waals surface area contributed by atoms with Crippen LogP contribution in [0.1, 0.15) is 25.0 Å². The van der Waals surface area contributed by atoms with Crippen LogP contribution < -0.4 is 21.3 Å². The molecule has 2 aromatic carbocycles. The van der Waals surface area contributed by atoms with Gasteiger partial charge in [-0.15, -0.1) is 0 Å². The largest absolute Gasteiger partial charge is 0.418 e. The van der Waals surface area contributed by atoms with Crippen molar-refractivity contribution in [3.05, 3.63) is 59.7 Å². The molecule has 0 aliphatic heterocycles. The summed E-state index contributed by atoms with van der Waals surface area (Å²) in [7, 11) is 0. The van der Waals surface area contributed by atoms with Gasteiger partial charge < -0.3 is 21.3 Å². The van der Waals surface area contributed by atoms with Crippen LogP contribution in [0.2, 0.25) is 0 Å². The Labute approximate surface area is 198 Å². The highest BCUT2D eigenvalue weighted by Crippen LogP contribution is 2.35. The van der Waals surface area contributed by atoms with Crippen molar-refractivity contribution >= 4 is 46.0 Å². The SMILES string of the molecule is CC(C)(CNC(=S)Nc1ccccc1C(F)(F)F)CNC(=S)Nc1ccccc1C(F)(F)F. The molecule has 0 bridgehead atoms. The predicted octanol–water partition coefficient (Wildman–Crippen LogP) is 6.02. The molecule has 33 heavy (non-hydrogen) atoms. The lowest BCUT2D eigenvalue weighted by Crippen LogP contribution is -2.44. The monoisotopic (exact) mass is 508 g/mol. The van der Waals surface area contributed by atoms with E-state index in [1.807, 2.05) is 13.8 Å². The van der Waals surface area contributed by atoms with Gasteiger partial charge in [-0.3, -0.25) is 0 Å². The maximum atomic E-state index is 13.1. The number of hydrogen-bond acceptors (Lipinski definition) is 2. The first-order valence-electron chi connectivity index (χ1n) is 9.61. The molecule has 0 unspecified atom stereocenters. The standard InChI is InChI=1S/C21H22F6N4S2/c1-19(2,11-28-17(32)30-15-9-5-3-7-13(15)20(22,23)24)12-29-18(33)31-16-10-6-4-8-14(16)21(25,26)27/h3-10H,11-12H2,1-2H3,(H2,28,30,32)(H2,29,31,33). The van der Waals surface area contributed by atoms with Crippen molar-refractivity contribution in [1.29, 1.82) is 0 Å². The van der Waals surface area contributed by atoms with Crippen LogP contribution in [0.25, 0.3) is 0 Å². The topological polar surface area (TPSA) is 48.1 Å². The second-order valence-electron chi connectivity index (χ2n) is 7.87. The first-order chi connectivity index (χ1) is 15.2. The van der Waals surface area contributed by atoms with Gasteiger partial charge in [-0.2, -0.15) is 26.3 Å². The van der Waals surface area contributed by atoms with Gasteiger partial charge in [-0.05, 0) is 54.1 Å². The molecule has 0 saturated carbocycles. The molecule has 0 atom stereocenters. The van der Waals surface area contributed by atoms with Crippen LogP contribution in [0, 0.1) is 5.41 Å². The summed E-state index contributed by atoms with van der Waals surface area (Å²) in [4.78, 5) is 0. The van der Waals surface area contributed by atoms with Gasteiger partial charge in [0.25, 0.3) is 0 Å². The average molecular weight is 509 g/mol. The quantitative estimate of drug-likeness (QED) is 0.283. The molecule has 12 heteroatoms. The maximum Gasteiger partial charge on any atom is 0.418 e. The summed E-state index contributed by atoms with van der Waals surface area (Å²) >= 11 is 10.2. The minimum absolute atomic E-state index is 0.000388. The van der Waals surface area contributed by atoms with Crippen LogP contribution >= 0.6 is 24.4 Å². The highest BCUT2D eigenvalue weighted by molar-refractivity contribution is 7.80. The van der Waals surface area contributed by atoms with Crippen LogP contribution in [-0.2, 0) is 12.4 Å². The molecule has 4 N–H and O–H groups in total. The Balaban J connectivity index is 1.89. The molecule has 2 aromatic rings. The number of halogens is 6. The summed E-state index contributed by atoms with van der Waals surface area (Å²) in [5.74, 6) is 0. The summed E-state index contributed by atoms with van der Waals surface area (Å²) in [6.45, 7) is 4.15. The van der Waals surface area contributed by atoms with Gasteiger partial charge in [-0.1, -0.05) is 38.1 Å². The molecule has 0 aromatic heterocycles. The zero-order valence-electron chi connectivity index (χ0n) is 17.6. The Kier molecular flexibility index (Phi) is 8.52. The number of nitrogens with one attached hydrogen (secondary N) is 4. The van der Waals surface area contributed by atoms with Crippen molar-refractivity contribution in [1.82, 2.24) is 10.6 Å². The van der Waals surface area contributed by atoms with Gasteiger partial charge >= 0.3 is 12.4 Å². The van der Waals surface area contributed by atoms with Crippen molar-refractivity contribution in [3.63, 3.8) is 0 Å². The fraction of sp³-hybridized carbons (Fsp3) is 0.333. The van der Waals surface area contributed by atoms with Gasteiger partial charge in [0.1, 0.15) is 0 Å². The second kappa shape index (κ2) is 10.6. The Bertz CT molecular complexity index is 912. The molecule has 0 fully saturated rings. The normalized spacial score (nSPS) is 12.1. The zero-order chi connectivity index (χ0) is 24.9. The lowest BCUT2D eigenvalue weighted by atomic mass is 9.93. The van der Waals surface area contributed by atoms with Crippen LogP contribution in [0.4, 0.5) is 37.7 Å². The molecule has 180 valence electrons. The fourth-order valence-corrected chi connectivity index (χ4v) is 3.08. The maximum absolute atomic E-state index is 13.1. The summed E-state index contributed by atoms with van der Waals surface area (Å²) in [6.07, 6.45) is -9.06. The molecule has 2 rings (SSSR count). The second-order valence-corrected chi connectivity index (χ2v) is 8.68. The van der Waals surface area contributed by atoms with Crippen LogP contribution in [-0.4, -0.2) is 23.3 Å². The van der Waals surface area contributed by atoms with Crippen LogP contribution in [0.15, 0.2) is 48.5 Å². The Morgan fingerprint density at radius 1 is 0.667 bits per heavy atom. The molecule has 4 nitrogen and oxygen atoms in total. The number of rotatable bonds is 6. The minimum Gasteiger partial charge on any atom is -0.362 e. The molecule has 0 aliphatic carbocycles. The number of hydrogen-bond donors (Lipinski definition) is 4. The number of thiocarbonyl (C=S) groups is 2. The van der Waals surface area contributed by atoms with Gasteiger partial charge in [0, 0.05) is 13.1 Å². The number of alkyl halides is 6. The van der Waals surface area contributed by atoms with Gasteiger partial charge in [0.2, 0.25) is 0 Å². The first-order valence-corrected chi connectivity index (χ1v) is 10.4. The molecule has 0 heterocycles. The number of para-hydroxylation sites is 2. The zero-order valence-corrected chi connectivity index (χ0v) is 19.3. The third-order valence-corrected chi connectivity index (χ3v) is 4.91. The van der Waals surface area contributed by atoms with E-state index in [1.165, 1.54) is 36.4 Å². The van der Waals surface area contributed by atoms with Crippen LogP contribution in [0.3, 0.4) is 0 Å². The van der Waals surface area contributed by atoms with Gasteiger partial charge in [-0.25, -0.2) is 0 Å². The van der Waals surface area contributed by atoms with E-state index in [-0.39, 0.29) is 34.7 Å². The van der Waals surface area contributed by atoms with Crippen molar-refractivity contribution in [2.45, 2.75) is 26.2 Å². The van der Waals surface area contributed by atoms with E-state index in [0.717, 1.165) is 12.1 Å². The van der Waals surface area contributed by atoms with Crippen molar-refractivity contribution in [3.8, 4) is 0 Å². The van der Waals surface area contributed by atoms with E-state index in [4.69, 9.17) is 24.4 Å². The van der Waals surface area contributed by atoms with Gasteiger partial charge in [0.15, 0.2) is 10.2 Å². The summed E-state index contributed by atoms with van der Waals surface area (Å²) < 4.78 is 78.6. The van der Waals surface area contributed by atoms with E-state index < -0.39 is 28.9 Å². The van der Waals surface area contributed by atoms with Gasteiger partial charge in [0.05, 0.1) is 22.5 Å². The van der Waals surface area contributed by atoms with E-state index >= 15 is 0 Å². The minimum atomic E-state index is -4.53. The smallest absolute Gasteiger partial charge is 0.362 e. The summed E-state index contributed by atoms with van der Waals surface area (Å²) in [5, 5.41) is 10.8. The van der Waals surface area contributed by atoms with E-state index in [2.05, 4.69) is 21.3 Å². The first kappa shape index (κ1) is 26.7. The molecule has 0 spiro atoms. The molecule has 0 amide bonds. The average Bonchev–Trinajstić information content (AvgIpc) is 2.70. The molecule has 0 radical (unpaired) electrons. The Hall–Kier alpha value is -2.60. The lowest BCUT2D eigenvalue weighted by Gasteiger charge is -2.27. The third kappa shape index (κ3) is 8.35.